The van der Waals surface area contributed by atoms with Crippen molar-refractivity contribution in [1.82, 2.24) is 10.2 Å². The molecule has 0 saturated carbocycles. The molecule has 3 nitrogen and oxygen atoms in total. The van der Waals surface area contributed by atoms with Gasteiger partial charge >= 0.3 is 6.18 Å². The van der Waals surface area contributed by atoms with E-state index in [9.17, 15) is 18.0 Å². The van der Waals surface area contributed by atoms with Crippen LogP contribution in [-0.4, -0.2) is 41.7 Å². The highest BCUT2D eigenvalue weighted by molar-refractivity contribution is 5.76. The lowest BCUT2D eigenvalue weighted by Gasteiger charge is -2.32. The molecule has 0 aromatic carbocycles. The number of amides is 1. The summed E-state index contributed by atoms with van der Waals surface area (Å²) in [6.45, 7) is 8.69. The van der Waals surface area contributed by atoms with Crippen molar-refractivity contribution in [2.24, 2.45) is 0 Å². The Labute approximate surface area is 119 Å². The average molecular weight is 296 g/mol. The number of rotatable bonds is 7. The highest BCUT2D eigenvalue weighted by Gasteiger charge is 2.35. The molecule has 0 aromatic rings. The van der Waals surface area contributed by atoms with Gasteiger partial charge in [-0.2, -0.15) is 13.2 Å². The fourth-order valence-corrected chi connectivity index (χ4v) is 2.03. The molecule has 0 radical (unpaired) electrons. The van der Waals surface area contributed by atoms with Gasteiger partial charge < -0.3 is 10.2 Å². The van der Waals surface area contributed by atoms with Crippen molar-refractivity contribution in [3.63, 3.8) is 0 Å². The molecule has 1 amide bonds. The zero-order chi connectivity index (χ0) is 16.0. The van der Waals surface area contributed by atoms with Gasteiger partial charge in [-0.15, -0.1) is 0 Å². The van der Waals surface area contributed by atoms with Gasteiger partial charge in [0.05, 0.1) is 0 Å². The van der Waals surface area contributed by atoms with Crippen molar-refractivity contribution in [1.29, 1.82) is 0 Å². The van der Waals surface area contributed by atoms with Crippen LogP contribution in [0, 0.1) is 0 Å². The minimum atomic E-state index is -4.35. The maximum absolute atomic E-state index is 12.6. The van der Waals surface area contributed by atoms with Crippen molar-refractivity contribution >= 4 is 5.91 Å². The first-order valence-corrected chi connectivity index (χ1v) is 7.11. The van der Waals surface area contributed by atoms with Gasteiger partial charge in [-0.05, 0) is 33.6 Å². The van der Waals surface area contributed by atoms with Gasteiger partial charge in [-0.3, -0.25) is 4.79 Å². The molecule has 0 rings (SSSR count). The molecule has 0 aliphatic rings. The zero-order valence-electron chi connectivity index (χ0n) is 13.1. The Morgan fingerprint density at radius 1 is 1.15 bits per heavy atom. The van der Waals surface area contributed by atoms with Crippen LogP contribution in [0.5, 0.6) is 0 Å². The van der Waals surface area contributed by atoms with Crippen LogP contribution in [-0.2, 0) is 4.79 Å². The summed E-state index contributed by atoms with van der Waals surface area (Å²) in [6, 6.07) is -0.348. The van der Waals surface area contributed by atoms with Crippen molar-refractivity contribution < 1.29 is 18.0 Å². The molecular formula is C14H27F3N2O. The summed E-state index contributed by atoms with van der Waals surface area (Å²) in [5.41, 5.74) is -0.149. The van der Waals surface area contributed by atoms with Gasteiger partial charge in [0.25, 0.3) is 0 Å². The molecule has 1 N–H and O–H groups in total. The predicted octanol–water partition coefficient (Wildman–Crippen LogP) is 3.34. The minimum Gasteiger partial charge on any atom is -0.331 e. The van der Waals surface area contributed by atoms with Gasteiger partial charge in [-0.25, -0.2) is 0 Å². The van der Waals surface area contributed by atoms with Crippen LogP contribution in [0.1, 0.15) is 53.9 Å². The Bertz CT molecular complexity index is 294. The molecule has 20 heavy (non-hydrogen) atoms. The maximum Gasteiger partial charge on any atom is 0.406 e. The lowest BCUT2D eigenvalue weighted by molar-refractivity contribution is -0.166. The first kappa shape index (κ1) is 19.2. The second kappa shape index (κ2) is 7.86. The quantitative estimate of drug-likeness (QED) is 0.781. The fraction of sp³-hybridized carbons (Fsp3) is 0.929. The lowest BCUT2D eigenvalue weighted by Crippen LogP contribution is -2.47. The summed E-state index contributed by atoms with van der Waals surface area (Å²) in [5, 5.41) is 3.12. The third kappa shape index (κ3) is 8.40. The first-order chi connectivity index (χ1) is 9.00. The number of hydrogen-bond acceptors (Lipinski definition) is 2. The summed E-state index contributed by atoms with van der Waals surface area (Å²) < 4.78 is 37.8. The Morgan fingerprint density at radius 2 is 1.65 bits per heavy atom. The van der Waals surface area contributed by atoms with E-state index in [4.69, 9.17) is 0 Å². The first-order valence-electron chi connectivity index (χ1n) is 7.11. The van der Waals surface area contributed by atoms with E-state index in [-0.39, 0.29) is 18.0 Å². The third-order valence-electron chi connectivity index (χ3n) is 3.05. The van der Waals surface area contributed by atoms with E-state index in [0.29, 0.717) is 19.4 Å². The van der Waals surface area contributed by atoms with Crippen LogP contribution in [0.4, 0.5) is 13.2 Å². The summed E-state index contributed by atoms with van der Waals surface area (Å²) in [5.74, 6) is -0.437. The topological polar surface area (TPSA) is 32.3 Å². The molecule has 0 unspecified atom stereocenters. The molecular weight excluding hydrogens is 269 g/mol. The van der Waals surface area contributed by atoms with E-state index in [2.05, 4.69) is 5.32 Å². The van der Waals surface area contributed by atoms with Crippen molar-refractivity contribution in [2.45, 2.75) is 71.6 Å². The smallest absolute Gasteiger partial charge is 0.331 e. The fourth-order valence-electron chi connectivity index (χ4n) is 2.03. The zero-order valence-corrected chi connectivity index (χ0v) is 13.1. The minimum absolute atomic E-state index is 0.0872. The van der Waals surface area contributed by atoms with Gasteiger partial charge in [0.15, 0.2) is 0 Å². The van der Waals surface area contributed by atoms with Crippen LogP contribution in [0.2, 0.25) is 0 Å². The highest BCUT2D eigenvalue weighted by Crippen LogP contribution is 2.21. The number of alkyl halides is 3. The molecule has 0 aromatic heterocycles. The normalized spacial score (nSPS) is 12.8. The SMILES string of the molecule is CCC(CC)N(CC(F)(F)F)C(=O)CCNC(C)(C)C. The standard InChI is InChI=1S/C14H27F3N2O/c1-6-11(7-2)19(10-14(15,16)17)12(20)8-9-18-13(3,4)5/h11,18H,6-10H2,1-5H3. The Kier molecular flexibility index (Phi) is 7.55. The third-order valence-corrected chi connectivity index (χ3v) is 3.05. The summed E-state index contributed by atoms with van der Waals surface area (Å²) in [6.07, 6.45) is -3.20. The molecule has 0 fully saturated rings. The number of halogens is 3. The molecule has 0 bridgehead atoms. The van der Waals surface area contributed by atoms with E-state index in [1.807, 2.05) is 20.8 Å². The van der Waals surface area contributed by atoms with E-state index in [1.54, 1.807) is 13.8 Å². The van der Waals surface area contributed by atoms with Crippen molar-refractivity contribution in [3.8, 4) is 0 Å². The number of nitrogens with zero attached hydrogens (tertiary/aromatic N) is 1. The largest absolute Gasteiger partial charge is 0.406 e. The Balaban J connectivity index is 4.64. The predicted molar refractivity (Wildman–Crippen MR) is 74.5 cm³/mol. The number of carbonyl (C=O) groups excluding carboxylic acids is 1. The second-order valence-electron chi connectivity index (χ2n) is 6.03. The van der Waals surface area contributed by atoms with Gasteiger partial charge in [0.1, 0.15) is 6.54 Å². The molecule has 120 valence electrons. The molecule has 0 atom stereocenters. The second-order valence-corrected chi connectivity index (χ2v) is 6.03. The van der Waals surface area contributed by atoms with E-state index < -0.39 is 18.6 Å². The van der Waals surface area contributed by atoms with Gasteiger partial charge in [0, 0.05) is 24.5 Å². The summed E-state index contributed by atoms with van der Waals surface area (Å²) in [7, 11) is 0. The van der Waals surface area contributed by atoms with E-state index in [0.717, 1.165) is 4.90 Å². The number of hydrogen-bond donors (Lipinski definition) is 1. The molecule has 0 aliphatic carbocycles. The molecule has 0 aliphatic heterocycles. The monoisotopic (exact) mass is 296 g/mol. The van der Waals surface area contributed by atoms with Crippen LogP contribution < -0.4 is 5.32 Å². The average Bonchev–Trinajstić information content (AvgIpc) is 2.25. The van der Waals surface area contributed by atoms with Crippen molar-refractivity contribution in [3.05, 3.63) is 0 Å². The summed E-state index contributed by atoms with van der Waals surface area (Å²) >= 11 is 0. The van der Waals surface area contributed by atoms with E-state index >= 15 is 0 Å². The molecule has 6 heteroatoms. The molecule has 0 spiro atoms. The number of nitrogens with one attached hydrogen (secondary N) is 1. The number of carbonyl (C=O) groups is 1. The van der Waals surface area contributed by atoms with Crippen LogP contribution in [0.3, 0.4) is 0 Å². The van der Waals surface area contributed by atoms with Crippen LogP contribution >= 0.6 is 0 Å². The molecule has 0 heterocycles. The highest BCUT2D eigenvalue weighted by atomic mass is 19.4. The van der Waals surface area contributed by atoms with Crippen LogP contribution in [0.25, 0.3) is 0 Å². The maximum atomic E-state index is 12.6. The van der Waals surface area contributed by atoms with Gasteiger partial charge in [0.2, 0.25) is 5.91 Å². The lowest BCUT2D eigenvalue weighted by atomic mass is 10.1. The summed E-state index contributed by atoms with van der Waals surface area (Å²) in [4.78, 5) is 13.0. The Morgan fingerprint density at radius 3 is 2.00 bits per heavy atom. The van der Waals surface area contributed by atoms with Crippen LogP contribution in [0.15, 0.2) is 0 Å². The molecule has 0 saturated heterocycles. The van der Waals surface area contributed by atoms with Gasteiger partial charge in [-0.1, -0.05) is 13.8 Å². The Hall–Kier alpha value is -0.780. The van der Waals surface area contributed by atoms with E-state index in [1.165, 1.54) is 0 Å². The van der Waals surface area contributed by atoms with Crippen molar-refractivity contribution in [2.75, 3.05) is 13.1 Å².